The van der Waals surface area contributed by atoms with Gasteiger partial charge in [-0.05, 0) is 48.5 Å². The third-order valence-corrected chi connectivity index (χ3v) is 4.95. The zero-order chi connectivity index (χ0) is 18.4. The van der Waals surface area contributed by atoms with Gasteiger partial charge in [-0.1, -0.05) is 18.2 Å². The number of carbonyl (C=O) groups excluding carboxylic acids is 1. The predicted molar refractivity (Wildman–Crippen MR) is 108 cm³/mol. The topological polar surface area (TPSA) is 43.6 Å². The fourth-order valence-corrected chi connectivity index (χ4v) is 3.64. The normalized spacial score (nSPS) is 11.3. The molecule has 0 fully saturated rings. The quantitative estimate of drug-likeness (QED) is 0.423. The van der Waals surface area contributed by atoms with Gasteiger partial charge in [0.15, 0.2) is 0 Å². The van der Waals surface area contributed by atoms with E-state index in [9.17, 15) is 4.79 Å². The molecule has 0 aliphatic rings. The summed E-state index contributed by atoms with van der Waals surface area (Å²) < 4.78 is 7.38. The lowest BCUT2D eigenvalue weighted by Gasteiger charge is -2.09. The molecule has 5 aromatic rings. The number of para-hydroxylation sites is 1. The Bertz CT molecular complexity index is 1320. The summed E-state index contributed by atoms with van der Waals surface area (Å²) in [5.74, 6) is 0.812. The zero-order valence-corrected chi connectivity index (χ0v) is 14.7. The summed E-state index contributed by atoms with van der Waals surface area (Å²) in [4.78, 5) is 16.2. The van der Waals surface area contributed by atoms with Gasteiger partial charge in [0.2, 0.25) is 0 Å². The van der Waals surface area contributed by atoms with Crippen molar-refractivity contribution in [1.29, 1.82) is 0 Å². The maximum Gasteiger partial charge on any atom is 0.150 e. The van der Waals surface area contributed by atoms with Crippen LogP contribution in [0.15, 0.2) is 72.9 Å². The van der Waals surface area contributed by atoms with Crippen LogP contribution in [0.25, 0.3) is 38.6 Å². The van der Waals surface area contributed by atoms with Gasteiger partial charge in [-0.3, -0.25) is 4.79 Å². The van der Waals surface area contributed by atoms with Gasteiger partial charge in [0.1, 0.15) is 12.0 Å². The van der Waals surface area contributed by atoms with E-state index >= 15 is 0 Å². The van der Waals surface area contributed by atoms with E-state index in [0.29, 0.717) is 5.56 Å². The first kappa shape index (κ1) is 15.6. The van der Waals surface area contributed by atoms with Crippen molar-refractivity contribution >= 4 is 33.6 Å². The van der Waals surface area contributed by atoms with Gasteiger partial charge in [0.05, 0.1) is 23.8 Å². The minimum absolute atomic E-state index is 0.661. The molecule has 0 atom stereocenters. The Balaban J connectivity index is 1.93. The fourth-order valence-electron chi connectivity index (χ4n) is 3.64. The molecule has 0 saturated carbocycles. The molecule has 3 heterocycles. The van der Waals surface area contributed by atoms with Crippen molar-refractivity contribution in [3.63, 3.8) is 0 Å². The molecule has 5 rings (SSSR count). The van der Waals surface area contributed by atoms with Crippen molar-refractivity contribution in [1.82, 2.24) is 9.38 Å². The second kappa shape index (κ2) is 5.95. The Labute approximate surface area is 155 Å². The van der Waals surface area contributed by atoms with E-state index in [1.54, 1.807) is 7.11 Å². The van der Waals surface area contributed by atoms with Crippen LogP contribution in [0.2, 0.25) is 0 Å². The lowest BCUT2D eigenvalue weighted by molar-refractivity contribution is 0.112. The van der Waals surface area contributed by atoms with E-state index in [-0.39, 0.29) is 0 Å². The number of hydrogen-bond donors (Lipinski definition) is 0. The molecule has 27 heavy (non-hydrogen) atoms. The molecule has 0 aliphatic heterocycles. The number of pyridine rings is 2. The predicted octanol–water partition coefficient (Wildman–Crippen LogP) is 5.13. The second-order valence-electron chi connectivity index (χ2n) is 6.49. The summed E-state index contributed by atoms with van der Waals surface area (Å²) in [6.45, 7) is 0. The van der Waals surface area contributed by atoms with E-state index in [4.69, 9.17) is 9.72 Å². The van der Waals surface area contributed by atoms with E-state index in [1.165, 1.54) is 0 Å². The zero-order valence-electron chi connectivity index (χ0n) is 14.7. The van der Waals surface area contributed by atoms with Gasteiger partial charge in [0.25, 0.3) is 0 Å². The molecule has 0 N–H and O–H groups in total. The SMILES string of the molecule is COc1ccc(-c2nc3ccccc3c3cc4cc(C=O)ccn4c23)cc1. The molecular weight excluding hydrogens is 336 g/mol. The highest BCUT2D eigenvalue weighted by Crippen LogP contribution is 2.35. The van der Waals surface area contributed by atoms with Gasteiger partial charge in [-0.15, -0.1) is 0 Å². The molecule has 0 bridgehead atoms. The molecule has 0 saturated heterocycles. The Hall–Kier alpha value is -3.66. The van der Waals surface area contributed by atoms with Crippen molar-refractivity contribution < 1.29 is 9.53 Å². The van der Waals surface area contributed by atoms with Crippen LogP contribution < -0.4 is 4.74 Å². The van der Waals surface area contributed by atoms with Gasteiger partial charge in [-0.2, -0.15) is 0 Å². The molecule has 130 valence electrons. The smallest absolute Gasteiger partial charge is 0.150 e. The lowest BCUT2D eigenvalue weighted by Crippen LogP contribution is -1.93. The second-order valence-corrected chi connectivity index (χ2v) is 6.49. The van der Waals surface area contributed by atoms with E-state index in [2.05, 4.69) is 16.5 Å². The maximum atomic E-state index is 11.2. The van der Waals surface area contributed by atoms with Crippen LogP contribution in [0.3, 0.4) is 0 Å². The van der Waals surface area contributed by atoms with Crippen LogP contribution in [0.4, 0.5) is 0 Å². The number of aromatic nitrogens is 2. The first-order chi connectivity index (χ1) is 13.3. The number of methoxy groups -OCH3 is 1. The molecule has 0 amide bonds. The van der Waals surface area contributed by atoms with E-state index in [0.717, 1.165) is 50.6 Å². The Kier molecular flexibility index (Phi) is 3.44. The number of fused-ring (bicyclic) bond motifs is 5. The van der Waals surface area contributed by atoms with Gasteiger partial charge < -0.3 is 9.14 Å². The van der Waals surface area contributed by atoms with Crippen LogP contribution in [0, 0.1) is 0 Å². The first-order valence-corrected chi connectivity index (χ1v) is 8.71. The van der Waals surface area contributed by atoms with Crippen LogP contribution in [-0.2, 0) is 0 Å². The standard InChI is InChI=1S/C23H16N2O2/c1-27-18-8-6-16(7-9-18)22-23-20(19-4-2-3-5-21(19)24-22)13-17-12-15(14-26)10-11-25(17)23/h2-14H,1H3. The largest absolute Gasteiger partial charge is 0.497 e. The Morgan fingerprint density at radius 2 is 1.78 bits per heavy atom. The average Bonchev–Trinajstić information content (AvgIpc) is 3.12. The number of rotatable bonds is 3. The first-order valence-electron chi connectivity index (χ1n) is 8.71. The third kappa shape index (κ3) is 2.38. The molecule has 4 heteroatoms. The number of ether oxygens (including phenoxy) is 1. The van der Waals surface area contributed by atoms with Crippen molar-refractivity contribution in [2.24, 2.45) is 0 Å². The lowest BCUT2D eigenvalue weighted by atomic mass is 10.1. The summed E-state index contributed by atoms with van der Waals surface area (Å²) in [6, 6.07) is 21.9. The monoisotopic (exact) mass is 352 g/mol. The summed E-state index contributed by atoms with van der Waals surface area (Å²) in [5.41, 5.74) is 5.54. The minimum atomic E-state index is 0.661. The van der Waals surface area contributed by atoms with Crippen molar-refractivity contribution in [2.45, 2.75) is 0 Å². The van der Waals surface area contributed by atoms with Crippen LogP contribution >= 0.6 is 0 Å². The highest BCUT2D eigenvalue weighted by Gasteiger charge is 2.15. The number of nitrogens with zero attached hydrogens (tertiary/aromatic N) is 2. The molecule has 3 aromatic heterocycles. The van der Waals surface area contributed by atoms with Crippen LogP contribution in [0.5, 0.6) is 5.75 Å². The van der Waals surface area contributed by atoms with E-state index < -0.39 is 0 Å². The van der Waals surface area contributed by atoms with Crippen LogP contribution in [-0.4, -0.2) is 22.8 Å². The maximum absolute atomic E-state index is 11.2. The summed E-state index contributed by atoms with van der Waals surface area (Å²) >= 11 is 0. The third-order valence-electron chi connectivity index (χ3n) is 4.95. The Morgan fingerprint density at radius 3 is 2.56 bits per heavy atom. The number of hydrogen-bond acceptors (Lipinski definition) is 3. The Morgan fingerprint density at radius 1 is 0.963 bits per heavy atom. The summed E-state index contributed by atoms with van der Waals surface area (Å²) in [6.07, 6.45) is 2.81. The highest BCUT2D eigenvalue weighted by atomic mass is 16.5. The summed E-state index contributed by atoms with van der Waals surface area (Å²) in [7, 11) is 1.66. The molecule has 0 unspecified atom stereocenters. The van der Waals surface area contributed by atoms with Gasteiger partial charge in [-0.25, -0.2) is 4.98 Å². The van der Waals surface area contributed by atoms with Crippen molar-refractivity contribution in [3.8, 4) is 17.0 Å². The molecule has 2 aromatic carbocycles. The number of carbonyl (C=O) groups is 1. The average molecular weight is 352 g/mol. The molecule has 0 aliphatic carbocycles. The fraction of sp³-hybridized carbons (Fsp3) is 0.0435. The van der Waals surface area contributed by atoms with Crippen LogP contribution in [0.1, 0.15) is 10.4 Å². The highest BCUT2D eigenvalue weighted by molar-refractivity contribution is 6.12. The minimum Gasteiger partial charge on any atom is -0.497 e. The number of aldehydes is 1. The molecule has 4 nitrogen and oxygen atoms in total. The van der Waals surface area contributed by atoms with Gasteiger partial charge >= 0.3 is 0 Å². The van der Waals surface area contributed by atoms with Crippen molar-refractivity contribution in [3.05, 3.63) is 78.5 Å². The molecule has 0 spiro atoms. The number of benzene rings is 2. The van der Waals surface area contributed by atoms with E-state index in [1.807, 2.05) is 60.8 Å². The molecular formula is C23H16N2O2. The molecule has 0 radical (unpaired) electrons. The van der Waals surface area contributed by atoms with Crippen molar-refractivity contribution in [2.75, 3.05) is 7.11 Å². The van der Waals surface area contributed by atoms with Gasteiger partial charge in [0, 0.05) is 33.6 Å². The summed E-state index contributed by atoms with van der Waals surface area (Å²) in [5, 5.41) is 2.22.